The van der Waals surface area contributed by atoms with E-state index in [1.165, 1.54) is 4.90 Å². The Morgan fingerprint density at radius 1 is 1.19 bits per heavy atom. The lowest BCUT2D eigenvalue weighted by atomic mass is 10.2. The molecule has 1 heterocycles. The van der Waals surface area contributed by atoms with Crippen LogP contribution in [0.5, 0.6) is 5.75 Å². The Kier molecular flexibility index (Phi) is 5.38. The van der Waals surface area contributed by atoms with Crippen LogP contribution in [0.15, 0.2) is 47.4 Å². The van der Waals surface area contributed by atoms with Crippen molar-refractivity contribution in [2.24, 2.45) is 0 Å². The van der Waals surface area contributed by atoms with Crippen LogP contribution in [0.4, 0.5) is 10.5 Å². The van der Waals surface area contributed by atoms with Crippen molar-refractivity contribution in [2.45, 2.75) is 24.8 Å². The minimum Gasteiger partial charge on any atom is -0.497 e. The normalized spacial score (nSPS) is 17.1. The van der Waals surface area contributed by atoms with Crippen LogP contribution in [0.1, 0.15) is 11.1 Å². The zero-order chi connectivity index (χ0) is 19.6. The lowest BCUT2D eigenvalue weighted by molar-refractivity contribution is 0.143. The molecule has 144 valence electrons. The van der Waals surface area contributed by atoms with Gasteiger partial charge in [-0.1, -0.05) is 17.7 Å². The summed E-state index contributed by atoms with van der Waals surface area (Å²) in [5, 5.41) is 0. The Morgan fingerprint density at radius 2 is 1.89 bits per heavy atom. The molecule has 1 amide bonds. The van der Waals surface area contributed by atoms with Gasteiger partial charge >= 0.3 is 6.09 Å². The van der Waals surface area contributed by atoms with Gasteiger partial charge in [-0.25, -0.2) is 17.9 Å². The summed E-state index contributed by atoms with van der Waals surface area (Å²) in [6.07, 6.45) is -1.07. The van der Waals surface area contributed by atoms with Crippen molar-refractivity contribution in [1.29, 1.82) is 0 Å². The molecule has 1 atom stereocenters. The van der Waals surface area contributed by atoms with E-state index in [0.717, 1.165) is 5.56 Å². The predicted molar refractivity (Wildman–Crippen MR) is 102 cm³/mol. The van der Waals surface area contributed by atoms with Gasteiger partial charge in [0.05, 0.1) is 18.6 Å². The lowest BCUT2D eigenvalue weighted by Crippen LogP contribution is -2.34. The molecule has 1 unspecified atom stereocenters. The maximum absolute atomic E-state index is 12.5. The van der Waals surface area contributed by atoms with E-state index in [1.54, 1.807) is 50.4 Å². The highest BCUT2D eigenvalue weighted by Gasteiger charge is 2.33. The van der Waals surface area contributed by atoms with E-state index in [1.807, 2.05) is 13.0 Å². The molecule has 1 fully saturated rings. The summed E-state index contributed by atoms with van der Waals surface area (Å²) < 4.78 is 38.0. The Hall–Kier alpha value is -2.58. The van der Waals surface area contributed by atoms with Crippen LogP contribution in [0.2, 0.25) is 0 Å². The van der Waals surface area contributed by atoms with Crippen molar-refractivity contribution in [3.8, 4) is 5.75 Å². The van der Waals surface area contributed by atoms with E-state index in [2.05, 4.69) is 4.72 Å². The van der Waals surface area contributed by atoms with Crippen LogP contribution in [0.25, 0.3) is 0 Å². The number of cyclic esters (lactones) is 1. The van der Waals surface area contributed by atoms with E-state index in [4.69, 9.17) is 9.47 Å². The Morgan fingerprint density at radius 3 is 2.52 bits per heavy atom. The number of hydrogen-bond donors (Lipinski definition) is 1. The number of carbonyl (C=O) groups is 1. The standard InChI is InChI=1S/C19H22N2O5S/c1-13-4-9-18(14(2)10-13)27(23,24)20-11-17-12-21(19(22)26-17)15-5-7-16(25-3)8-6-15/h4-10,17,20H,11-12H2,1-3H3. The first-order valence-electron chi connectivity index (χ1n) is 8.49. The van der Waals surface area contributed by atoms with Crippen molar-refractivity contribution < 1.29 is 22.7 Å². The Balaban J connectivity index is 1.65. The molecule has 27 heavy (non-hydrogen) atoms. The average molecular weight is 390 g/mol. The van der Waals surface area contributed by atoms with Gasteiger partial charge in [-0.05, 0) is 49.7 Å². The van der Waals surface area contributed by atoms with Gasteiger partial charge in [0.2, 0.25) is 10.0 Å². The van der Waals surface area contributed by atoms with Gasteiger partial charge < -0.3 is 9.47 Å². The van der Waals surface area contributed by atoms with Gasteiger partial charge in [-0.3, -0.25) is 4.90 Å². The molecule has 0 aromatic heterocycles. The largest absolute Gasteiger partial charge is 0.497 e. The molecule has 2 aromatic rings. The molecule has 1 saturated heterocycles. The highest BCUT2D eigenvalue weighted by molar-refractivity contribution is 7.89. The number of nitrogens with zero attached hydrogens (tertiary/aromatic N) is 1. The topological polar surface area (TPSA) is 84.9 Å². The van der Waals surface area contributed by atoms with E-state index in [-0.39, 0.29) is 18.0 Å². The smallest absolute Gasteiger partial charge is 0.414 e. The number of nitrogens with one attached hydrogen (secondary N) is 1. The van der Waals surface area contributed by atoms with E-state index >= 15 is 0 Å². The molecule has 0 saturated carbocycles. The third-order valence-electron chi connectivity index (χ3n) is 4.38. The number of aryl methyl sites for hydroxylation is 2. The van der Waals surface area contributed by atoms with Crippen molar-refractivity contribution in [2.75, 3.05) is 25.1 Å². The summed E-state index contributed by atoms with van der Waals surface area (Å²) in [6.45, 7) is 3.93. The van der Waals surface area contributed by atoms with Gasteiger partial charge in [-0.2, -0.15) is 0 Å². The van der Waals surface area contributed by atoms with Gasteiger partial charge in [0.25, 0.3) is 0 Å². The highest BCUT2D eigenvalue weighted by Crippen LogP contribution is 2.24. The fourth-order valence-corrected chi connectivity index (χ4v) is 4.27. The second-order valence-electron chi connectivity index (χ2n) is 6.44. The fraction of sp³-hybridized carbons (Fsp3) is 0.316. The second-order valence-corrected chi connectivity index (χ2v) is 8.17. The summed E-state index contributed by atoms with van der Waals surface area (Å²) in [4.78, 5) is 13.8. The molecule has 0 radical (unpaired) electrons. The maximum Gasteiger partial charge on any atom is 0.414 e. The number of rotatable bonds is 6. The zero-order valence-corrected chi connectivity index (χ0v) is 16.2. The fourth-order valence-electron chi connectivity index (χ4n) is 2.98. The quantitative estimate of drug-likeness (QED) is 0.820. The third kappa shape index (κ3) is 4.23. The number of ether oxygens (including phenoxy) is 2. The first-order chi connectivity index (χ1) is 12.8. The van der Waals surface area contributed by atoms with Gasteiger partial charge in [0, 0.05) is 12.2 Å². The monoisotopic (exact) mass is 390 g/mol. The SMILES string of the molecule is COc1ccc(N2CC(CNS(=O)(=O)c3ccc(C)cc3C)OC2=O)cc1. The number of anilines is 1. The summed E-state index contributed by atoms with van der Waals surface area (Å²) in [7, 11) is -2.11. The number of hydrogen-bond acceptors (Lipinski definition) is 5. The molecular weight excluding hydrogens is 368 g/mol. The van der Waals surface area contributed by atoms with Crippen molar-refractivity contribution in [3.05, 3.63) is 53.6 Å². The molecule has 1 aliphatic heterocycles. The molecule has 8 heteroatoms. The van der Waals surface area contributed by atoms with E-state index < -0.39 is 22.2 Å². The van der Waals surface area contributed by atoms with Crippen molar-refractivity contribution in [1.82, 2.24) is 4.72 Å². The minimum absolute atomic E-state index is 0.00798. The molecule has 2 aromatic carbocycles. The van der Waals surface area contributed by atoms with Crippen molar-refractivity contribution in [3.63, 3.8) is 0 Å². The van der Waals surface area contributed by atoms with Crippen LogP contribution in [-0.2, 0) is 14.8 Å². The molecular formula is C19H22N2O5S. The Labute approximate surface area is 158 Å². The number of methoxy groups -OCH3 is 1. The van der Waals surface area contributed by atoms with E-state index in [0.29, 0.717) is 17.0 Å². The molecule has 1 N–H and O–H groups in total. The molecule has 0 aliphatic carbocycles. The summed E-state index contributed by atoms with van der Waals surface area (Å²) in [6, 6.07) is 12.2. The number of sulfonamides is 1. The molecule has 3 rings (SSSR count). The summed E-state index contributed by atoms with van der Waals surface area (Å²) >= 11 is 0. The van der Waals surface area contributed by atoms with Gasteiger partial charge in [0.15, 0.2) is 0 Å². The number of amides is 1. The maximum atomic E-state index is 12.5. The average Bonchev–Trinajstić information content (AvgIpc) is 3.01. The van der Waals surface area contributed by atoms with Crippen LogP contribution >= 0.6 is 0 Å². The minimum atomic E-state index is -3.68. The number of benzene rings is 2. The third-order valence-corrected chi connectivity index (χ3v) is 5.96. The first kappa shape index (κ1) is 19.2. The van der Waals surface area contributed by atoms with Crippen LogP contribution in [-0.4, -0.2) is 40.8 Å². The second kappa shape index (κ2) is 7.58. The van der Waals surface area contributed by atoms with Crippen LogP contribution < -0.4 is 14.4 Å². The van der Waals surface area contributed by atoms with E-state index in [9.17, 15) is 13.2 Å². The van der Waals surface area contributed by atoms with Gasteiger partial charge in [-0.15, -0.1) is 0 Å². The van der Waals surface area contributed by atoms with Crippen LogP contribution in [0.3, 0.4) is 0 Å². The molecule has 0 bridgehead atoms. The molecule has 7 nitrogen and oxygen atoms in total. The molecule has 1 aliphatic rings. The predicted octanol–water partition coefficient (Wildman–Crippen LogP) is 2.62. The summed E-state index contributed by atoms with van der Waals surface area (Å²) in [5.74, 6) is 0.684. The van der Waals surface area contributed by atoms with Gasteiger partial charge in [0.1, 0.15) is 11.9 Å². The van der Waals surface area contributed by atoms with Crippen LogP contribution in [0, 0.1) is 13.8 Å². The summed E-state index contributed by atoms with van der Waals surface area (Å²) in [5.41, 5.74) is 2.33. The highest BCUT2D eigenvalue weighted by atomic mass is 32.2. The van der Waals surface area contributed by atoms with Crippen molar-refractivity contribution >= 4 is 21.8 Å². The first-order valence-corrected chi connectivity index (χ1v) is 9.97. The Bertz CT molecular complexity index is 941. The molecule has 0 spiro atoms. The lowest BCUT2D eigenvalue weighted by Gasteiger charge is -2.14. The zero-order valence-electron chi connectivity index (χ0n) is 15.4. The number of carbonyl (C=O) groups excluding carboxylic acids is 1.